The largest absolute Gasteiger partial charge is 0.480 e. The van der Waals surface area contributed by atoms with Gasteiger partial charge in [-0.15, -0.1) is 0 Å². The number of halogens is 1. The second-order valence-corrected chi connectivity index (χ2v) is 9.08. The minimum Gasteiger partial charge on any atom is -0.480 e. The van der Waals surface area contributed by atoms with Crippen LogP contribution in [0.25, 0.3) is 11.3 Å². The molecule has 0 radical (unpaired) electrons. The number of benzene rings is 3. The van der Waals surface area contributed by atoms with E-state index in [1.807, 2.05) is 30.3 Å². The van der Waals surface area contributed by atoms with Gasteiger partial charge in [-0.2, -0.15) is 0 Å². The van der Waals surface area contributed by atoms with E-state index in [1.54, 1.807) is 49.4 Å². The lowest BCUT2D eigenvalue weighted by Crippen LogP contribution is -2.41. The number of aromatic nitrogens is 1. The van der Waals surface area contributed by atoms with E-state index in [4.69, 9.17) is 9.26 Å². The number of hydrogen-bond acceptors (Lipinski definition) is 6. The molecule has 2 unspecified atom stereocenters. The first-order valence-electron chi connectivity index (χ1n) is 12.6. The molecule has 0 aliphatic heterocycles. The number of carboxylic acids is 1. The van der Waals surface area contributed by atoms with Crippen molar-refractivity contribution in [3.8, 4) is 11.3 Å². The molecule has 3 N–H and O–H groups in total. The number of alkyl carbamates (subject to hydrolysis) is 1. The fourth-order valence-corrected chi connectivity index (χ4v) is 4.09. The number of rotatable bonds is 11. The average Bonchev–Trinajstić information content (AvgIpc) is 3.43. The third-order valence-corrected chi connectivity index (χ3v) is 6.28. The lowest BCUT2D eigenvalue weighted by atomic mass is 10.0. The highest BCUT2D eigenvalue weighted by Crippen LogP contribution is 2.24. The maximum Gasteiger partial charge on any atom is 0.408 e. The molecular weight excluding hydrogens is 517 g/mol. The molecule has 10 heteroatoms. The lowest BCUT2D eigenvalue weighted by Gasteiger charge is -2.15. The number of carbonyl (C=O) groups excluding carboxylic acids is 2. The Morgan fingerprint density at radius 3 is 2.40 bits per heavy atom. The number of nitrogens with one attached hydrogen (secondary N) is 2. The molecule has 40 heavy (non-hydrogen) atoms. The predicted octanol–water partition coefficient (Wildman–Crippen LogP) is 5.28. The topological polar surface area (TPSA) is 131 Å². The zero-order chi connectivity index (χ0) is 28.5. The van der Waals surface area contributed by atoms with Crippen LogP contribution >= 0.6 is 0 Å². The highest BCUT2D eigenvalue weighted by atomic mass is 19.1. The Kier molecular flexibility index (Phi) is 9.24. The number of aliphatic carboxylic acids is 1. The lowest BCUT2D eigenvalue weighted by molar-refractivity contribution is -0.139. The van der Waals surface area contributed by atoms with Crippen LogP contribution in [0.2, 0.25) is 0 Å². The zero-order valence-corrected chi connectivity index (χ0v) is 21.7. The number of nitrogens with zero attached hydrogens (tertiary/aromatic N) is 1. The van der Waals surface area contributed by atoms with Gasteiger partial charge in [-0.25, -0.2) is 14.0 Å². The molecule has 0 aliphatic carbocycles. The van der Waals surface area contributed by atoms with Crippen molar-refractivity contribution >= 4 is 18.0 Å². The summed E-state index contributed by atoms with van der Waals surface area (Å²) in [5.74, 6) is -2.09. The fraction of sp³-hybridized carbons (Fsp3) is 0.200. The van der Waals surface area contributed by atoms with Crippen LogP contribution in [0.4, 0.5) is 9.18 Å². The average molecular weight is 546 g/mol. The van der Waals surface area contributed by atoms with Gasteiger partial charge in [-0.3, -0.25) is 4.79 Å². The molecule has 2 atom stereocenters. The fourth-order valence-electron chi connectivity index (χ4n) is 4.09. The van der Waals surface area contributed by atoms with Crippen LogP contribution in [-0.4, -0.2) is 34.3 Å². The van der Waals surface area contributed by atoms with Gasteiger partial charge in [0, 0.05) is 22.3 Å². The predicted molar refractivity (Wildman–Crippen MR) is 144 cm³/mol. The second kappa shape index (κ2) is 13.2. The van der Waals surface area contributed by atoms with Crippen LogP contribution < -0.4 is 10.6 Å². The molecule has 0 spiro atoms. The molecule has 1 heterocycles. The first kappa shape index (κ1) is 28.0. The molecule has 0 saturated carbocycles. The van der Waals surface area contributed by atoms with E-state index < -0.39 is 35.9 Å². The molecule has 0 fully saturated rings. The Bertz CT molecular complexity index is 1460. The van der Waals surface area contributed by atoms with Crippen LogP contribution in [0.3, 0.4) is 0 Å². The van der Waals surface area contributed by atoms with Crippen molar-refractivity contribution in [1.82, 2.24) is 15.8 Å². The van der Waals surface area contributed by atoms with Crippen molar-refractivity contribution in [2.75, 3.05) is 0 Å². The second-order valence-electron chi connectivity index (χ2n) is 9.08. The van der Waals surface area contributed by atoms with E-state index in [0.29, 0.717) is 23.2 Å². The summed E-state index contributed by atoms with van der Waals surface area (Å²) in [6, 6.07) is 20.9. The number of amides is 2. The quantitative estimate of drug-likeness (QED) is 0.234. The molecule has 206 valence electrons. The molecule has 0 aliphatic rings. The van der Waals surface area contributed by atoms with Gasteiger partial charge in [-0.05, 0) is 43.5 Å². The standard InChI is InChI=1S/C30H28FN3O6/c1-19(24-9-5-6-10-25(24)31)40-30(38)32-17-23-18-39-34-27(23)21-12-14-22(15-13-21)28(35)33-26(29(36)37)16-11-20-7-3-2-4-8-20/h2-10,12-15,18-19,26H,11,16-17H2,1H3,(H,32,38)(H,33,35)(H,36,37). The highest BCUT2D eigenvalue weighted by Gasteiger charge is 2.21. The van der Waals surface area contributed by atoms with Gasteiger partial charge in [-0.1, -0.05) is 65.8 Å². The van der Waals surface area contributed by atoms with Gasteiger partial charge in [0.2, 0.25) is 0 Å². The molecule has 4 aromatic rings. The summed E-state index contributed by atoms with van der Waals surface area (Å²) in [6.07, 6.45) is 0.604. The van der Waals surface area contributed by atoms with Crippen LogP contribution in [0, 0.1) is 5.82 Å². The molecule has 4 rings (SSSR count). The monoisotopic (exact) mass is 545 g/mol. The highest BCUT2D eigenvalue weighted by molar-refractivity contribution is 5.97. The third kappa shape index (κ3) is 7.31. The first-order valence-corrected chi connectivity index (χ1v) is 12.6. The Morgan fingerprint density at radius 2 is 1.70 bits per heavy atom. The van der Waals surface area contributed by atoms with Crippen LogP contribution in [0.1, 0.15) is 46.5 Å². The zero-order valence-electron chi connectivity index (χ0n) is 21.7. The van der Waals surface area contributed by atoms with E-state index in [9.17, 15) is 23.9 Å². The molecule has 1 aromatic heterocycles. The van der Waals surface area contributed by atoms with Gasteiger partial charge in [0.05, 0.1) is 6.54 Å². The van der Waals surface area contributed by atoms with Crippen LogP contribution in [0.15, 0.2) is 89.6 Å². The maximum atomic E-state index is 13.9. The van der Waals surface area contributed by atoms with Gasteiger partial charge in [0.25, 0.3) is 5.91 Å². The van der Waals surface area contributed by atoms with Crippen molar-refractivity contribution in [2.45, 2.75) is 38.5 Å². The summed E-state index contributed by atoms with van der Waals surface area (Å²) in [5, 5.41) is 18.7. The number of carbonyl (C=O) groups is 3. The number of carboxylic acid groups (broad SMARTS) is 1. The number of aryl methyl sites for hydroxylation is 1. The Balaban J connectivity index is 1.33. The molecule has 2 amide bonds. The van der Waals surface area contributed by atoms with Gasteiger partial charge in [0.1, 0.15) is 29.9 Å². The van der Waals surface area contributed by atoms with Crippen molar-refractivity contribution < 1.29 is 33.1 Å². The van der Waals surface area contributed by atoms with Crippen molar-refractivity contribution in [2.24, 2.45) is 0 Å². The minimum atomic E-state index is -1.11. The SMILES string of the molecule is CC(OC(=O)NCc1conc1-c1ccc(C(=O)NC(CCc2ccccc2)C(=O)O)cc1)c1ccccc1F. The van der Waals surface area contributed by atoms with E-state index in [0.717, 1.165) is 5.56 Å². The summed E-state index contributed by atoms with van der Waals surface area (Å²) in [7, 11) is 0. The van der Waals surface area contributed by atoms with Gasteiger partial charge in [0.15, 0.2) is 0 Å². The maximum absolute atomic E-state index is 13.9. The van der Waals surface area contributed by atoms with Crippen LogP contribution in [-0.2, 0) is 22.5 Å². The summed E-state index contributed by atoms with van der Waals surface area (Å²) >= 11 is 0. The normalized spacial score (nSPS) is 12.2. The summed E-state index contributed by atoms with van der Waals surface area (Å²) in [6.45, 7) is 1.61. The van der Waals surface area contributed by atoms with Crippen molar-refractivity contribution in [1.29, 1.82) is 0 Å². The summed E-state index contributed by atoms with van der Waals surface area (Å²) in [4.78, 5) is 36.7. The molecule has 9 nitrogen and oxygen atoms in total. The van der Waals surface area contributed by atoms with Gasteiger partial charge >= 0.3 is 12.1 Å². The van der Waals surface area contributed by atoms with E-state index >= 15 is 0 Å². The van der Waals surface area contributed by atoms with Crippen molar-refractivity contribution in [3.63, 3.8) is 0 Å². The summed E-state index contributed by atoms with van der Waals surface area (Å²) < 4.78 is 24.3. The molecule has 0 saturated heterocycles. The minimum absolute atomic E-state index is 0.0333. The molecular formula is C30H28FN3O6. The van der Waals surface area contributed by atoms with Crippen molar-refractivity contribution in [3.05, 3.63) is 113 Å². The molecule has 0 bridgehead atoms. The van der Waals surface area contributed by atoms with E-state index in [-0.39, 0.29) is 24.1 Å². The molecule has 3 aromatic carbocycles. The number of hydrogen-bond donors (Lipinski definition) is 3. The van der Waals surface area contributed by atoms with E-state index in [1.165, 1.54) is 12.3 Å². The Hall–Kier alpha value is -4.99. The smallest absolute Gasteiger partial charge is 0.408 e. The summed E-state index contributed by atoms with van der Waals surface area (Å²) in [5.41, 5.74) is 3.15. The first-order chi connectivity index (χ1) is 19.3. The Labute approximate surface area is 230 Å². The number of ether oxygens (including phenoxy) is 1. The van der Waals surface area contributed by atoms with E-state index in [2.05, 4.69) is 15.8 Å². The van der Waals surface area contributed by atoms with Gasteiger partial charge < -0.3 is 25.0 Å². The van der Waals surface area contributed by atoms with Crippen LogP contribution in [0.5, 0.6) is 0 Å². The third-order valence-electron chi connectivity index (χ3n) is 6.28. The Morgan fingerprint density at radius 1 is 1.00 bits per heavy atom.